The fraction of sp³-hybridized carbons (Fsp3) is 0.533. The summed E-state index contributed by atoms with van der Waals surface area (Å²) in [6.45, 7) is 3.64. The molecule has 0 saturated carbocycles. The Hall–Kier alpha value is -2.52. The average Bonchev–Trinajstić information content (AvgIpc) is 3.01. The zero-order valence-corrected chi connectivity index (χ0v) is 16.3. The molecule has 0 radical (unpaired) electrons. The molecule has 2 rings (SSSR count). The number of hydrogen-bond acceptors (Lipinski definition) is 9. The van der Waals surface area contributed by atoms with Crippen LogP contribution < -0.4 is 16.4 Å². The second-order valence-corrected chi connectivity index (χ2v) is 6.37. The molecular formula is C15H23N6O5P. The molecule has 148 valence electrons. The Labute approximate surface area is 157 Å². The SMILES string of the molecule is CC(=O)OC[C@H](CCOC(=O)[C@H](C)NP)Cn1cnc2c(=O)[nH]c(N)nc21. The van der Waals surface area contributed by atoms with E-state index in [-0.39, 0.29) is 36.6 Å². The van der Waals surface area contributed by atoms with Crippen molar-refractivity contribution >= 4 is 38.4 Å². The fourth-order valence-corrected chi connectivity index (χ4v) is 2.50. The van der Waals surface area contributed by atoms with Gasteiger partial charge in [0.15, 0.2) is 11.2 Å². The molecule has 0 aliphatic heterocycles. The van der Waals surface area contributed by atoms with E-state index in [0.717, 1.165) is 0 Å². The lowest BCUT2D eigenvalue weighted by Gasteiger charge is -2.18. The molecule has 0 aliphatic rings. The molecule has 0 spiro atoms. The smallest absolute Gasteiger partial charge is 0.323 e. The molecule has 0 aromatic carbocycles. The Morgan fingerprint density at radius 1 is 1.44 bits per heavy atom. The van der Waals surface area contributed by atoms with Crippen molar-refractivity contribution in [2.45, 2.75) is 32.9 Å². The fourth-order valence-electron chi connectivity index (χ4n) is 2.36. The van der Waals surface area contributed by atoms with Gasteiger partial charge in [0.2, 0.25) is 5.95 Å². The summed E-state index contributed by atoms with van der Waals surface area (Å²) >= 11 is 0. The van der Waals surface area contributed by atoms with Crippen LogP contribution in [0.2, 0.25) is 0 Å². The maximum absolute atomic E-state index is 11.9. The van der Waals surface area contributed by atoms with Gasteiger partial charge in [0.05, 0.1) is 19.5 Å². The van der Waals surface area contributed by atoms with Gasteiger partial charge in [-0.2, -0.15) is 4.98 Å². The second-order valence-electron chi connectivity index (χ2n) is 6.03. The Balaban J connectivity index is 2.09. The average molecular weight is 398 g/mol. The summed E-state index contributed by atoms with van der Waals surface area (Å²) < 4.78 is 12.0. The van der Waals surface area contributed by atoms with Gasteiger partial charge in [-0.3, -0.25) is 24.5 Å². The summed E-state index contributed by atoms with van der Waals surface area (Å²) in [5.74, 6) is -0.989. The molecule has 2 aromatic rings. The third-order valence-electron chi connectivity index (χ3n) is 3.84. The molecule has 2 aromatic heterocycles. The van der Waals surface area contributed by atoms with Crippen LogP contribution in [0.3, 0.4) is 0 Å². The van der Waals surface area contributed by atoms with Crippen molar-refractivity contribution in [2.24, 2.45) is 5.92 Å². The van der Waals surface area contributed by atoms with Crippen LogP contribution in [0.4, 0.5) is 5.95 Å². The molecule has 27 heavy (non-hydrogen) atoms. The number of H-pyrrole nitrogens is 1. The minimum absolute atomic E-state index is 0.0151. The molecular weight excluding hydrogens is 375 g/mol. The van der Waals surface area contributed by atoms with Crippen LogP contribution in [-0.2, 0) is 25.6 Å². The van der Waals surface area contributed by atoms with E-state index in [9.17, 15) is 14.4 Å². The van der Waals surface area contributed by atoms with Gasteiger partial charge >= 0.3 is 11.9 Å². The largest absolute Gasteiger partial charge is 0.466 e. The van der Waals surface area contributed by atoms with Gasteiger partial charge in [-0.15, -0.1) is 0 Å². The van der Waals surface area contributed by atoms with E-state index in [1.807, 2.05) is 0 Å². The lowest BCUT2D eigenvalue weighted by molar-refractivity contribution is -0.147. The first-order valence-corrected chi connectivity index (χ1v) is 8.86. The van der Waals surface area contributed by atoms with E-state index in [1.54, 1.807) is 11.5 Å². The van der Waals surface area contributed by atoms with E-state index in [1.165, 1.54) is 13.3 Å². The predicted molar refractivity (Wildman–Crippen MR) is 101 cm³/mol. The number of aromatic amines is 1. The number of hydrogen-bond donors (Lipinski definition) is 3. The van der Waals surface area contributed by atoms with Crippen LogP contribution in [0.25, 0.3) is 11.2 Å². The van der Waals surface area contributed by atoms with Crippen LogP contribution in [-0.4, -0.2) is 50.7 Å². The highest BCUT2D eigenvalue weighted by Crippen LogP contribution is 2.13. The summed E-state index contributed by atoms with van der Waals surface area (Å²) in [5.41, 5.74) is 5.67. The predicted octanol–water partition coefficient (Wildman–Crippen LogP) is -0.417. The zero-order chi connectivity index (χ0) is 20.0. The number of nitrogens with zero attached hydrogens (tertiary/aromatic N) is 3. The van der Waals surface area contributed by atoms with E-state index in [2.05, 4.69) is 29.4 Å². The maximum atomic E-state index is 11.9. The van der Waals surface area contributed by atoms with E-state index in [0.29, 0.717) is 18.6 Å². The Morgan fingerprint density at radius 2 is 2.19 bits per heavy atom. The summed E-state index contributed by atoms with van der Waals surface area (Å²) in [4.78, 5) is 45.3. The van der Waals surface area contributed by atoms with Crippen LogP contribution in [0.15, 0.2) is 11.1 Å². The first-order valence-electron chi connectivity index (χ1n) is 8.28. The van der Waals surface area contributed by atoms with Gasteiger partial charge in [-0.05, 0) is 13.3 Å². The van der Waals surface area contributed by atoms with Crippen LogP contribution >= 0.6 is 9.39 Å². The standard InChI is InChI=1S/C15H23N6O5P/c1-8(20-27)14(24)25-4-3-10(6-26-9(2)22)5-21-7-17-11-12(21)18-15(16)19-13(11)23/h7-8,10,20H,3-6,27H2,1-2H3,(H3,16,18,19,23)/t8-,10+/m0/s1. The molecule has 4 N–H and O–H groups in total. The van der Waals surface area contributed by atoms with Gasteiger partial charge in [0.25, 0.3) is 5.56 Å². The third-order valence-corrected chi connectivity index (χ3v) is 4.34. The van der Waals surface area contributed by atoms with Gasteiger partial charge in [-0.1, -0.05) is 9.39 Å². The molecule has 0 aliphatic carbocycles. The molecule has 0 saturated heterocycles. The summed E-state index contributed by atoms with van der Waals surface area (Å²) in [5, 5.41) is 2.72. The number of nitrogens with two attached hydrogens (primary N) is 1. The molecule has 11 nitrogen and oxygen atoms in total. The number of carbonyl (C=O) groups is 2. The first kappa shape index (κ1) is 20.8. The van der Waals surface area contributed by atoms with Gasteiger partial charge in [0.1, 0.15) is 6.04 Å². The zero-order valence-electron chi connectivity index (χ0n) is 15.1. The van der Waals surface area contributed by atoms with Crippen molar-refractivity contribution in [1.82, 2.24) is 24.6 Å². The maximum Gasteiger partial charge on any atom is 0.323 e. The van der Waals surface area contributed by atoms with Crippen molar-refractivity contribution in [2.75, 3.05) is 18.9 Å². The topological polar surface area (TPSA) is 154 Å². The van der Waals surface area contributed by atoms with Crippen molar-refractivity contribution < 1.29 is 19.1 Å². The molecule has 3 atom stereocenters. The summed E-state index contributed by atoms with van der Waals surface area (Å²) in [6, 6.07) is -0.446. The number of carbonyl (C=O) groups excluding carboxylic acids is 2. The van der Waals surface area contributed by atoms with Crippen molar-refractivity contribution in [1.29, 1.82) is 0 Å². The quantitative estimate of drug-likeness (QED) is 0.377. The Kier molecular flexibility index (Phi) is 7.26. The highest BCUT2D eigenvalue weighted by Gasteiger charge is 2.18. The van der Waals surface area contributed by atoms with Crippen LogP contribution in [0, 0.1) is 5.92 Å². The third kappa shape index (κ3) is 5.73. The number of esters is 2. The Morgan fingerprint density at radius 3 is 2.85 bits per heavy atom. The first-order chi connectivity index (χ1) is 12.8. The van der Waals surface area contributed by atoms with E-state index < -0.39 is 17.6 Å². The number of ether oxygens (including phenoxy) is 2. The number of rotatable bonds is 9. The van der Waals surface area contributed by atoms with Crippen LogP contribution in [0.1, 0.15) is 20.3 Å². The lowest BCUT2D eigenvalue weighted by atomic mass is 10.1. The van der Waals surface area contributed by atoms with Crippen molar-refractivity contribution in [3.05, 3.63) is 16.7 Å². The van der Waals surface area contributed by atoms with E-state index >= 15 is 0 Å². The number of nitrogen functional groups attached to an aromatic ring is 1. The number of anilines is 1. The molecule has 1 unspecified atom stereocenters. The number of imidazole rings is 1. The number of nitrogens with one attached hydrogen (secondary N) is 2. The highest BCUT2D eigenvalue weighted by molar-refractivity contribution is 7.13. The number of fused-ring (bicyclic) bond motifs is 1. The molecule has 0 bridgehead atoms. The Bertz CT molecular complexity index is 866. The second kappa shape index (κ2) is 9.43. The normalized spacial score (nSPS) is 13.3. The minimum Gasteiger partial charge on any atom is -0.466 e. The summed E-state index contributed by atoms with van der Waals surface area (Å²) in [6.07, 6.45) is 1.92. The van der Waals surface area contributed by atoms with Gasteiger partial charge < -0.3 is 19.8 Å². The minimum atomic E-state index is -0.446. The van der Waals surface area contributed by atoms with Crippen LogP contribution in [0.5, 0.6) is 0 Å². The molecule has 0 fully saturated rings. The molecule has 0 amide bonds. The van der Waals surface area contributed by atoms with Crippen molar-refractivity contribution in [3.8, 4) is 0 Å². The molecule has 12 heteroatoms. The summed E-state index contributed by atoms with van der Waals surface area (Å²) in [7, 11) is 2.25. The van der Waals surface area contributed by atoms with Crippen molar-refractivity contribution in [3.63, 3.8) is 0 Å². The monoisotopic (exact) mass is 398 g/mol. The van der Waals surface area contributed by atoms with Gasteiger partial charge in [-0.25, -0.2) is 4.98 Å². The highest BCUT2D eigenvalue weighted by atomic mass is 31.0. The van der Waals surface area contributed by atoms with Gasteiger partial charge in [0, 0.05) is 19.4 Å². The molecule has 2 heterocycles. The van der Waals surface area contributed by atoms with E-state index in [4.69, 9.17) is 15.2 Å². The lowest BCUT2D eigenvalue weighted by Crippen LogP contribution is -2.30. The number of aromatic nitrogens is 4.